The highest BCUT2D eigenvalue weighted by Gasteiger charge is 2.36. The first-order chi connectivity index (χ1) is 10.4. The van der Waals surface area contributed by atoms with E-state index in [1.807, 2.05) is 0 Å². The maximum Gasteiger partial charge on any atom is 0.416 e. The molecule has 1 heterocycles. The first-order valence-corrected chi connectivity index (χ1v) is 7.08. The Morgan fingerprint density at radius 1 is 1.41 bits per heavy atom. The van der Waals surface area contributed by atoms with E-state index in [2.05, 4.69) is 10.6 Å². The summed E-state index contributed by atoms with van der Waals surface area (Å²) in [6.45, 7) is 1.74. The third-order valence-corrected chi connectivity index (χ3v) is 3.80. The zero-order valence-corrected chi connectivity index (χ0v) is 12.2. The van der Waals surface area contributed by atoms with Gasteiger partial charge in [-0.3, -0.25) is 4.79 Å². The summed E-state index contributed by atoms with van der Waals surface area (Å²) in [5.74, 6) is -0.797. The minimum absolute atomic E-state index is 0.163. The highest BCUT2D eigenvalue weighted by Crippen LogP contribution is 2.34. The van der Waals surface area contributed by atoms with Crippen molar-refractivity contribution >= 4 is 5.91 Å². The maximum atomic E-state index is 12.8. The van der Waals surface area contributed by atoms with Crippen LogP contribution < -0.4 is 10.6 Å². The van der Waals surface area contributed by atoms with Crippen molar-refractivity contribution in [3.63, 3.8) is 0 Å². The van der Waals surface area contributed by atoms with Crippen molar-refractivity contribution in [1.82, 2.24) is 10.6 Å². The molecule has 1 saturated heterocycles. The Kier molecular flexibility index (Phi) is 5.42. The number of amides is 1. The fourth-order valence-electron chi connectivity index (χ4n) is 2.66. The molecule has 0 aromatic heterocycles. The molecule has 7 heteroatoms. The zero-order chi connectivity index (χ0) is 16.2. The number of alkyl halides is 3. The normalized spacial score (nSPS) is 21.8. The second-order valence-electron chi connectivity index (χ2n) is 5.28. The van der Waals surface area contributed by atoms with E-state index in [-0.39, 0.29) is 17.7 Å². The second-order valence-corrected chi connectivity index (χ2v) is 5.28. The van der Waals surface area contributed by atoms with Crippen molar-refractivity contribution < 1.29 is 22.7 Å². The van der Waals surface area contributed by atoms with Gasteiger partial charge in [-0.1, -0.05) is 18.2 Å². The summed E-state index contributed by atoms with van der Waals surface area (Å²) in [5, 5.41) is 5.82. The molecule has 1 fully saturated rings. The molecule has 1 aromatic carbocycles. The van der Waals surface area contributed by atoms with E-state index in [0.717, 1.165) is 12.1 Å². The van der Waals surface area contributed by atoms with Crippen molar-refractivity contribution in [2.75, 3.05) is 33.4 Å². The molecule has 1 amide bonds. The molecule has 2 N–H and O–H groups in total. The third-order valence-electron chi connectivity index (χ3n) is 3.80. The first-order valence-electron chi connectivity index (χ1n) is 7.08. The fraction of sp³-hybridized carbons (Fsp3) is 0.533. The van der Waals surface area contributed by atoms with E-state index in [0.29, 0.717) is 31.8 Å². The van der Waals surface area contributed by atoms with Crippen LogP contribution in [0.1, 0.15) is 17.0 Å². The minimum Gasteiger partial charge on any atom is -0.383 e. The molecule has 2 atom stereocenters. The lowest BCUT2D eigenvalue weighted by atomic mass is 9.87. The maximum absolute atomic E-state index is 12.8. The minimum atomic E-state index is -4.38. The predicted molar refractivity (Wildman–Crippen MR) is 75.4 cm³/mol. The molecular formula is C15H19F3N2O2. The Morgan fingerprint density at radius 3 is 2.86 bits per heavy atom. The second kappa shape index (κ2) is 7.11. The van der Waals surface area contributed by atoms with Crippen molar-refractivity contribution in [2.45, 2.75) is 12.1 Å². The predicted octanol–water partition coefficient (Wildman–Crippen LogP) is 1.77. The first kappa shape index (κ1) is 16.8. The topological polar surface area (TPSA) is 50.4 Å². The molecule has 4 nitrogen and oxygen atoms in total. The lowest BCUT2D eigenvalue weighted by Gasteiger charge is -2.19. The van der Waals surface area contributed by atoms with Gasteiger partial charge in [-0.25, -0.2) is 0 Å². The molecule has 0 bridgehead atoms. The van der Waals surface area contributed by atoms with E-state index in [1.54, 1.807) is 6.07 Å². The van der Waals surface area contributed by atoms with E-state index in [1.165, 1.54) is 13.2 Å². The largest absolute Gasteiger partial charge is 0.416 e. The number of halogens is 3. The molecule has 0 radical (unpaired) electrons. The molecule has 0 spiro atoms. The van der Waals surface area contributed by atoms with Crippen molar-refractivity contribution in [1.29, 1.82) is 0 Å². The molecule has 0 saturated carbocycles. The average molecular weight is 316 g/mol. The number of carbonyl (C=O) groups excluding carboxylic acids is 1. The number of ether oxygens (including phenoxy) is 1. The Bertz CT molecular complexity index is 520. The number of methoxy groups -OCH3 is 1. The van der Waals surface area contributed by atoms with Crippen LogP contribution in [-0.2, 0) is 15.7 Å². The van der Waals surface area contributed by atoms with Gasteiger partial charge in [-0.05, 0) is 11.6 Å². The summed E-state index contributed by atoms with van der Waals surface area (Å²) in [6.07, 6.45) is -4.38. The van der Waals surface area contributed by atoms with Crippen molar-refractivity contribution in [3.05, 3.63) is 35.4 Å². The van der Waals surface area contributed by atoms with Gasteiger partial charge >= 0.3 is 6.18 Å². The van der Waals surface area contributed by atoms with Gasteiger partial charge in [0.05, 0.1) is 18.1 Å². The van der Waals surface area contributed by atoms with Gasteiger partial charge in [-0.2, -0.15) is 13.2 Å². The zero-order valence-electron chi connectivity index (χ0n) is 12.2. The van der Waals surface area contributed by atoms with Crippen LogP contribution in [0.5, 0.6) is 0 Å². The van der Waals surface area contributed by atoms with Gasteiger partial charge in [0.15, 0.2) is 0 Å². The molecule has 1 aromatic rings. The Hall–Kier alpha value is -1.60. The summed E-state index contributed by atoms with van der Waals surface area (Å²) in [6, 6.07) is 5.20. The molecule has 22 heavy (non-hydrogen) atoms. The smallest absolute Gasteiger partial charge is 0.383 e. The number of benzene rings is 1. The molecule has 122 valence electrons. The summed E-state index contributed by atoms with van der Waals surface area (Å²) < 4.78 is 43.3. The van der Waals surface area contributed by atoms with Gasteiger partial charge in [0.2, 0.25) is 5.91 Å². The van der Waals surface area contributed by atoms with Crippen LogP contribution in [0.4, 0.5) is 13.2 Å². The number of hydrogen-bond donors (Lipinski definition) is 2. The third kappa shape index (κ3) is 3.98. The van der Waals surface area contributed by atoms with Gasteiger partial charge in [0, 0.05) is 32.7 Å². The summed E-state index contributed by atoms with van der Waals surface area (Å²) >= 11 is 0. The number of carbonyl (C=O) groups is 1. The molecule has 1 aliphatic rings. The SMILES string of the molecule is COCCNC(=O)C1CNCC1c1cccc(C(F)(F)F)c1. The Morgan fingerprint density at radius 2 is 2.18 bits per heavy atom. The van der Waals surface area contributed by atoms with Crippen LogP contribution in [0.2, 0.25) is 0 Å². The summed E-state index contributed by atoms with van der Waals surface area (Å²) in [4.78, 5) is 12.2. The van der Waals surface area contributed by atoms with Crippen molar-refractivity contribution in [2.24, 2.45) is 5.92 Å². The van der Waals surface area contributed by atoms with Crippen LogP contribution >= 0.6 is 0 Å². The van der Waals surface area contributed by atoms with Crippen LogP contribution in [0.3, 0.4) is 0 Å². The van der Waals surface area contributed by atoms with Gasteiger partial charge in [-0.15, -0.1) is 0 Å². The average Bonchev–Trinajstić information content (AvgIpc) is 2.96. The van der Waals surface area contributed by atoms with Gasteiger partial charge < -0.3 is 15.4 Å². The molecule has 2 unspecified atom stereocenters. The standard InChI is InChI=1S/C15H19F3N2O2/c1-22-6-5-20-14(21)13-9-19-8-12(13)10-3-2-4-11(7-10)15(16,17)18/h2-4,7,12-13,19H,5-6,8-9H2,1H3,(H,20,21). The van der Waals surface area contributed by atoms with Crippen molar-refractivity contribution in [3.8, 4) is 0 Å². The molecule has 2 rings (SSSR count). The van der Waals surface area contributed by atoms with Crippen LogP contribution in [0.15, 0.2) is 24.3 Å². The van der Waals surface area contributed by atoms with Crippen LogP contribution in [-0.4, -0.2) is 39.3 Å². The summed E-state index contributed by atoms with van der Waals surface area (Å²) in [5.41, 5.74) is -0.151. The Labute approximate surface area is 127 Å². The number of hydrogen-bond acceptors (Lipinski definition) is 3. The van der Waals surface area contributed by atoms with E-state index >= 15 is 0 Å². The number of nitrogens with one attached hydrogen (secondary N) is 2. The van der Waals surface area contributed by atoms with Crippen LogP contribution in [0.25, 0.3) is 0 Å². The molecule has 0 aliphatic carbocycles. The van der Waals surface area contributed by atoms with Gasteiger partial charge in [0.25, 0.3) is 0 Å². The lowest BCUT2D eigenvalue weighted by Crippen LogP contribution is -2.36. The molecular weight excluding hydrogens is 297 g/mol. The highest BCUT2D eigenvalue weighted by atomic mass is 19.4. The molecule has 1 aliphatic heterocycles. The van der Waals surface area contributed by atoms with Gasteiger partial charge in [0.1, 0.15) is 0 Å². The lowest BCUT2D eigenvalue weighted by molar-refractivity contribution is -0.137. The van der Waals surface area contributed by atoms with E-state index in [9.17, 15) is 18.0 Å². The van der Waals surface area contributed by atoms with Crippen LogP contribution in [0, 0.1) is 5.92 Å². The van der Waals surface area contributed by atoms with E-state index in [4.69, 9.17) is 4.74 Å². The Balaban J connectivity index is 2.12. The fourth-order valence-corrected chi connectivity index (χ4v) is 2.66. The number of rotatable bonds is 5. The van der Waals surface area contributed by atoms with E-state index < -0.39 is 11.7 Å². The monoisotopic (exact) mass is 316 g/mol. The highest BCUT2D eigenvalue weighted by molar-refractivity contribution is 5.80. The quantitative estimate of drug-likeness (QED) is 0.814. The summed E-state index contributed by atoms with van der Waals surface area (Å²) in [7, 11) is 1.54.